The number of hydrogen-bond acceptors (Lipinski definition) is 9. The highest BCUT2D eigenvalue weighted by molar-refractivity contribution is 5.84. The number of carbonyl (C=O) groups excluding carboxylic acids is 1. The van der Waals surface area contributed by atoms with Crippen LogP contribution in [-0.2, 0) is 20.8 Å². The van der Waals surface area contributed by atoms with Crippen LogP contribution >= 0.6 is 0 Å². The molecule has 1 amide bonds. The molecule has 210 valence electrons. The second-order valence-corrected chi connectivity index (χ2v) is 9.82. The van der Waals surface area contributed by atoms with Crippen molar-refractivity contribution in [3.8, 4) is 0 Å². The Morgan fingerprint density at radius 2 is 1.82 bits per heavy atom. The number of ether oxygens (including phenoxy) is 3. The Hall–Kier alpha value is -3.83. The smallest absolute Gasteiger partial charge is 0.411 e. The number of nitrogens with one attached hydrogen (secondary N) is 1. The Morgan fingerprint density at radius 3 is 2.55 bits per heavy atom. The third-order valence-corrected chi connectivity index (χ3v) is 7.02. The van der Waals surface area contributed by atoms with Crippen LogP contribution in [0.25, 0.3) is 0 Å². The number of aliphatic hydroxyl groups excluding tert-OH is 1. The van der Waals surface area contributed by atoms with Gasteiger partial charge in [0.05, 0.1) is 18.8 Å². The molecule has 40 heavy (non-hydrogen) atoms. The number of benzene rings is 2. The zero-order valence-corrected chi connectivity index (χ0v) is 22.4. The van der Waals surface area contributed by atoms with Gasteiger partial charge in [-0.15, -0.1) is 0 Å². The Morgan fingerprint density at radius 1 is 1.05 bits per heavy atom. The van der Waals surface area contributed by atoms with E-state index < -0.39 is 12.4 Å². The quantitative estimate of drug-likeness (QED) is 0.385. The molecule has 0 saturated carbocycles. The van der Waals surface area contributed by atoms with Gasteiger partial charge in [-0.05, 0) is 29.3 Å². The van der Waals surface area contributed by atoms with Crippen LogP contribution in [0.5, 0.6) is 0 Å². The molecule has 2 N–H and O–H groups in total. The van der Waals surface area contributed by atoms with E-state index in [1.54, 1.807) is 18.5 Å². The molecule has 1 aromatic heterocycles. The van der Waals surface area contributed by atoms with Crippen molar-refractivity contribution in [2.45, 2.75) is 31.5 Å². The first-order valence-electron chi connectivity index (χ1n) is 13.5. The van der Waals surface area contributed by atoms with Gasteiger partial charge in [0.25, 0.3) is 0 Å². The van der Waals surface area contributed by atoms with Crippen molar-refractivity contribution in [1.29, 1.82) is 0 Å². The van der Waals surface area contributed by atoms with Crippen LogP contribution in [-0.4, -0.2) is 71.5 Å². The van der Waals surface area contributed by atoms with Crippen molar-refractivity contribution in [2.24, 2.45) is 0 Å². The molecule has 10 nitrogen and oxygen atoms in total. The first-order valence-corrected chi connectivity index (χ1v) is 13.5. The molecule has 3 aromatic rings. The summed E-state index contributed by atoms with van der Waals surface area (Å²) in [5, 5.41) is 12.2. The maximum absolute atomic E-state index is 12.1. The molecule has 0 bridgehead atoms. The lowest BCUT2D eigenvalue weighted by Crippen LogP contribution is -2.50. The largest absolute Gasteiger partial charge is 0.445 e. The van der Waals surface area contributed by atoms with E-state index in [0.29, 0.717) is 12.1 Å². The van der Waals surface area contributed by atoms with Gasteiger partial charge in [0.1, 0.15) is 6.61 Å². The van der Waals surface area contributed by atoms with E-state index in [4.69, 9.17) is 14.2 Å². The highest BCUT2D eigenvalue weighted by Gasteiger charge is 2.34. The van der Waals surface area contributed by atoms with Crippen molar-refractivity contribution in [1.82, 2.24) is 14.9 Å². The molecule has 0 unspecified atom stereocenters. The highest BCUT2D eigenvalue weighted by atomic mass is 16.7. The second-order valence-electron chi connectivity index (χ2n) is 9.82. The van der Waals surface area contributed by atoms with Crippen molar-refractivity contribution in [3.63, 3.8) is 0 Å². The molecule has 0 spiro atoms. The molecule has 2 aliphatic heterocycles. The third kappa shape index (κ3) is 7.22. The molecule has 3 atom stereocenters. The van der Waals surface area contributed by atoms with Crippen molar-refractivity contribution in [3.05, 3.63) is 96.3 Å². The van der Waals surface area contributed by atoms with Crippen LogP contribution < -0.4 is 10.2 Å². The first kappa shape index (κ1) is 27.7. The summed E-state index contributed by atoms with van der Waals surface area (Å²) in [7, 11) is 0. The lowest BCUT2D eigenvalue weighted by molar-refractivity contribution is -0.253. The minimum atomic E-state index is -0.619. The van der Waals surface area contributed by atoms with Crippen LogP contribution in [0.1, 0.15) is 35.5 Å². The van der Waals surface area contributed by atoms with E-state index in [-0.39, 0.29) is 25.4 Å². The molecular formula is C30H35N5O5. The average Bonchev–Trinajstić information content (AvgIpc) is 3.01. The van der Waals surface area contributed by atoms with Crippen LogP contribution in [0.15, 0.2) is 79.6 Å². The molecule has 2 fully saturated rings. The minimum Gasteiger partial charge on any atom is -0.445 e. The topological polar surface area (TPSA) is 109 Å². The van der Waals surface area contributed by atoms with Gasteiger partial charge in [-0.2, -0.15) is 0 Å². The van der Waals surface area contributed by atoms with Gasteiger partial charge in [-0.1, -0.05) is 49.1 Å². The summed E-state index contributed by atoms with van der Waals surface area (Å²) in [6.45, 7) is 7.90. The average molecular weight is 546 g/mol. The Labute approximate surface area is 234 Å². The van der Waals surface area contributed by atoms with Gasteiger partial charge >= 0.3 is 6.09 Å². The fraction of sp³-hybridized carbons (Fsp3) is 0.367. The summed E-state index contributed by atoms with van der Waals surface area (Å²) in [5.74, 6) is 0.762. The molecule has 2 aromatic carbocycles. The van der Waals surface area contributed by atoms with Crippen molar-refractivity contribution in [2.75, 3.05) is 49.5 Å². The number of anilines is 2. The maximum atomic E-state index is 12.1. The van der Waals surface area contributed by atoms with Gasteiger partial charge in [-0.25, -0.2) is 14.8 Å². The third-order valence-electron chi connectivity index (χ3n) is 7.02. The predicted octanol–water partition coefficient (Wildman–Crippen LogP) is 4.07. The van der Waals surface area contributed by atoms with Crippen LogP contribution in [0.4, 0.5) is 16.4 Å². The number of amides is 1. The Kier molecular flexibility index (Phi) is 9.35. The van der Waals surface area contributed by atoms with E-state index in [0.717, 1.165) is 55.4 Å². The molecule has 0 radical (unpaired) electrons. The molecule has 5 rings (SSSR count). The second kappa shape index (κ2) is 13.5. The van der Waals surface area contributed by atoms with Crippen molar-refractivity contribution < 1.29 is 24.1 Å². The number of piperazine rings is 1. The summed E-state index contributed by atoms with van der Waals surface area (Å²) in [4.78, 5) is 25.4. The molecule has 3 heterocycles. The fourth-order valence-electron chi connectivity index (χ4n) is 4.96. The standard InChI is InChI=1S/C30H35N5O5/c1-2-17-38-30(37)33-25-6-3-5-24(18-25)28-39-26(19-27(40-28)23-9-7-22(21-36)8-10-23)20-34-13-15-35(16-14-34)29-31-11-4-12-32-29/h2-12,18,26-28,36H,1,13-17,19-21H2,(H,33,37)/t26-,27+,28+/m1/s1. The number of aliphatic hydroxyl groups is 1. The number of hydrogen-bond donors (Lipinski definition) is 2. The summed E-state index contributed by atoms with van der Waals surface area (Å²) in [6, 6.07) is 17.1. The summed E-state index contributed by atoms with van der Waals surface area (Å²) >= 11 is 0. The van der Waals surface area contributed by atoms with E-state index in [1.165, 1.54) is 6.08 Å². The number of aromatic nitrogens is 2. The van der Waals surface area contributed by atoms with Crippen LogP contribution in [0, 0.1) is 0 Å². The zero-order chi connectivity index (χ0) is 27.7. The van der Waals surface area contributed by atoms with E-state index >= 15 is 0 Å². The SMILES string of the molecule is C=CCOC(=O)Nc1cccc([C@H]2O[C@@H](CN3CCN(c4ncccn4)CC3)C[C@@H](c3ccc(CO)cc3)O2)c1. The molecule has 10 heteroatoms. The molecular weight excluding hydrogens is 510 g/mol. The molecule has 0 aliphatic carbocycles. The Bertz CT molecular complexity index is 1250. The lowest BCUT2D eigenvalue weighted by Gasteiger charge is -2.40. The summed E-state index contributed by atoms with van der Waals surface area (Å²) < 4.78 is 18.0. The number of rotatable bonds is 9. The monoisotopic (exact) mass is 545 g/mol. The van der Waals surface area contributed by atoms with Crippen LogP contribution in [0.2, 0.25) is 0 Å². The minimum absolute atomic E-state index is 0.00477. The first-order chi connectivity index (χ1) is 19.6. The van der Waals surface area contributed by atoms with Gasteiger partial charge in [0, 0.05) is 62.8 Å². The van der Waals surface area contributed by atoms with E-state index in [2.05, 4.69) is 31.7 Å². The van der Waals surface area contributed by atoms with Gasteiger partial charge in [-0.3, -0.25) is 10.2 Å². The zero-order valence-electron chi connectivity index (χ0n) is 22.4. The van der Waals surface area contributed by atoms with Crippen molar-refractivity contribution >= 4 is 17.7 Å². The Balaban J connectivity index is 1.29. The summed E-state index contributed by atoms with van der Waals surface area (Å²) in [6.07, 6.45) is 4.32. The normalized spacial score (nSPS) is 21.5. The van der Waals surface area contributed by atoms with E-state index in [1.807, 2.05) is 48.5 Å². The van der Waals surface area contributed by atoms with Gasteiger partial charge in [0.15, 0.2) is 6.29 Å². The van der Waals surface area contributed by atoms with Gasteiger partial charge < -0.3 is 24.2 Å². The van der Waals surface area contributed by atoms with Gasteiger partial charge in [0.2, 0.25) is 5.95 Å². The van der Waals surface area contributed by atoms with E-state index in [9.17, 15) is 9.90 Å². The van der Waals surface area contributed by atoms with Crippen LogP contribution in [0.3, 0.4) is 0 Å². The number of nitrogens with zero attached hydrogens (tertiary/aromatic N) is 4. The lowest BCUT2D eigenvalue weighted by atomic mass is 9.99. The predicted molar refractivity (Wildman–Crippen MR) is 151 cm³/mol. The highest BCUT2D eigenvalue weighted by Crippen LogP contribution is 2.38. The maximum Gasteiger partial charge on any atom is 0.411 e. The summed E-state index contributed by atoms with van der Waals surface area (Å²) in [5.41, 5.74) is 3.27. The number of carbonyl (C=O) groups is 1. The molecule has 2 saturated heterocycles. The molecule has 2 aliphatic rings. The fourth-order valence-corrected chi connectivity index (χ4v) is 4.96.